The monoisotopic (exact) mass is 454 g/mol. The number of halogens is 2. The SMILES string of the molecule is CC(C)OC(=O)C1=CN(C(=O)c2ccc(F)cc2Cl)CC(C)(C)c2c1[nH]c1ccccc21. The molecule has 32 heavy (non-hydrogen) atoms. The molecule has 1 amide bonds. The molecule has 4 rings (SSSR count). The average molecular weight is 455 g/mol. The van der Waals surface area contributed by atoms with Crippen molar-refractivity contribution in [1.82, 2.24) is 9.88 Å². The van der Waals surface area contributed by atoms with E-state index in [1.807, 2.05) is 38.1 Å². The van der Waals surface area contributed by atoms with Crippen LogP contribution in [-0.4, -0.2) is 34.4 Å². The molecule has 2 aromatic carbocycles. The van der Waals surface area contributed by atoms with Gasteiger partial charge in [0.15, 0.2) is 0 Å². The van der Waals surface area contributed by atoms with E-state index in [1.165, 1.54) is 23.2 Å². The van der Waals surface area contributed by atoms with Crippen LogP contribution in [0.15, 0.2) is 48.7 Å². The summed E-state index contributed by atoms with van der Waals surface area (Å²) in [7, 11) is 0. The maximum Gasteiger partial charge on any atom is 0.342 e. The van der Waals surface area contributed by atoms with Crippen molar-refractivity contribution in [1.29, 1.82) is 0 Å². The largest absolute Gasteiger partial charge is 0.459 e. The van der Waals surface area contributed by atoms with Crippen LogP contribution in [0.4, 0.5) is 4.39 Å². The minimum atomic E-state index is -0.534. The van der Waals surface area contributed by atoms with E-state index in [9.17, 15) is 14.0 Å². The summed E-state index contributed by atoms with van der Waals surface area (Å²) in [4.78, 5) is 31.3. The molecule has 0 saturated carbocycles. The first-order chi connectivity index (χ1) is 15.1. The maximum absolute atomic E-state index is 13.5. The Morgan fingerprint density at radius 1 is 1.19 bits per heavy atom. The minimum Gasteiger partial charge on any atom is -0.459 e. The molecule has 0 aliphatic carbocycles. The number of aromatic amines is 1. The number of esters is 1. The van der Waals surface area contributed by atoms with Crippen molar-refractivity contribution in [3.05, 3.63) is 76.3 Å². The number of ether oxygens (including phenoxy) is 1. The highest BCUT2D eigenvalue weighted by Gasteiger charge is 2.37. The van der Waals surface area contributed by atoms with Gasteiger partial charge in [-0.1, -0.05) is 43.6 Å². The molecule has 2 heterocycles. The highest BCUT2D eigenvalue weighted by molar-refractivity contribution is 6.34. The molecule has 1 aliphatic heterocycles. The number of nitrogens with zero attached hydrogens (tertiary/aromatic N) is 1. The number of aromatic nitrogens is 1. The van der Waals surface area contributed by atoms with Gasteiger partial charge in [0.1, 0.15) is 5.82 Å². The standard InChI is InChI=1S/C25H24ClFN2O3/c1-14(2)32-24(31)18-12-29(23(30)16-10-9-15(27)11-19(16)26)13-25(3,4)21-17-7-5-6-8-20(17)28-22(18)21/h5-12,14,28H,13H2,1-4H3. The van der Waals surface area contributed by atoms with Gasteiger partial charge < -0.3 is 14.6 Å². The van der Waals surface area contributed by atoms with Crippen molar-refractivity contribution in [3.63, 3.8) is 0 Å². The number of fused-ring (bicyclic) bond motifs is 3. The van der Waals surface area contributed by atoms with E-state index in [1.54, 1.807) is 13.8 Å². The van der Waals surface area contributed by atoms with Crippen molar-refractivity contribution in [3.8, 4) is 0 Å². The summed E-state index contributed by atoms with van der Waals surface area (Å²) in [6, 6.07) is 11.5. The van der Waals surface area contributed by atoms with Crippen LogP contribution in [0.5, 0.6) is 0 Å². The molecule has 0 radical (unpaired) electrons. The van der Waals surface area contributed by atoms with Gasteiger partial charge >= 0.3 is 5.97 Å². The van der Waals surface area contributed by atoms with E-state index >= 15 is 0 Å². The van der Waals surface area contributed by atoms with Crippen molar-refractivity contribution in [2.24, 2.45) is 0 Å². The molecule has 0 fully saturated rings. The number of para-hydroxylation sites is 1. The Kier molecular flexibility index (Phi) is 5.59. The van der Waals surface area contributed by atoms with E-state index in [0.717, 1.165) is 22.5 Å². The summed E-state index contributed by atoms with van der Waals surface area (Å²) in [5, 5.41) is 0.991. The van der Waals surface area contributed by atoms with Crippen LogP contribution >= 0.6 is 11.6 Å². The number of benzene rings is 2. The zero-order chi connectivity index (χ0) is 23.2. The topological polar surface area (TPSA) is 62.4 Å². The Labute approximate surface area is 190 Å². The summed E-state index contributed by atoms with van der Waals surface area (Å²) < 4.78 is 19.0. The molecule has 1 N–H and O–H groups in total. The molecule has 166 valence electrons. The highest BCUT2D eigenvalue weighted by atomic mass is 35.5. The smallest absolute Gasteiger partial charge is 0.342 e. The number of amides is 1. The number of H-pyrrole nitrogens is 1. The van der Waals surface area contributed by atoms with Crippen LogP contribution in [0.2, 0.25) is 5.02 Å². The predicted octanol–water partition coefficient (Wildman–Crippen LogP) is 5.69. The molecule has 7 heteroatoms. The molecule has 0 unspecified atom stereocenters. The van der Waals surface area contributed by atoms with Crippen LogP contribution in [0, 0.1) is 5.82 Å². The lowest BCUT2D eigenvalue weighted by molar-refractivity contribution is -0.140. The van der Waals surface area contributed by atoms with Gasteiger partial charge in [-0.15, -0.1) is 0 Å². The van der Waals surface area contributed by atoms with Gasteiger partial charge in [-0.05, 0) is 43.7 Å². The summed E-state index contributed by atoms with van der Waals surface area (Å²) >= 11 is 6.16. The maximum atomic E-state index is 13.5. The number of nitrogens with one attached hydrogen (secondary N) is 1. The van der Waals surface area contributed by atoms with Crippen LogP contribution in [0.3, 0.4) is 0 Å². The first-order valence-electron chi connectivity index (χ1n) is 10.4. The van der Waals surface area contributed by atoms with E-state index in [2.05, 4.69) is 4.98 Å². The Balaban J connectivity index is 1.90. The van der Waals surface area contributed by atoms with E-state index < -0.39 is 23.1 Å². The minimum absolute atomic E-state index is 0.0146. The van der Waals surface area contributed by atoms with Crippen molar-refractivity contribution in [2.75, 3.05) is 6.54 Å². The Morgan fingerprint density at radius 2 is 1.91 bits per heavy atom. The second-order valence-electron chi connectivity index (χ2n) is 8.86. The fourth-order valence-corrected chi connectivity index (χ4v) is 4.45. The van der Waals surface area contributed by atoms with Gasteiger partial charge in [0.2, 0.25) is 0 Å². The third-order valence-electron chi connectivity index (χ3n) is 5.49. The molecule has 0 atom stereocenters. The molecule has 5 nitrogen and oxygen atoms in total. The first kappa shape index (κ1) is 22.1. The van der Waals surface area contributed by atoms with Gasteiger partial charge in [-0.3, -0.25) is 4.79 Å². The second kappa shape index (κ2) is 8.10. The second-order valence-corrected chi connectivity index (χ2v) is 9.27. The molecule has 0 spiro atoms. The summed E-state index contributed by atoms with van der Waals surface area (Å²) in [6.45, 7) is 7.86. The van der Waals surface area contributed by atoms with Crippen LogP contribution < -0.4 is 0 Å². The molecular formula is C25H24ClFN2O3. The van der Waals surface area contributed by atoms with Crippen LogP contribution in [-0.2, 0) is 14.9 Å². The van der Waals surface area contributed by atoms with Gasteiger partial charge in [0.05, 0.1) is 28.0 Å². The molecule has 3 aromatic rings. The van der Waals surface area contributed by atoms with Crippen LogP contribution in [0.25, 0.3) is 16.5 Å². The fraction of sp³-hybridized carbons (Fsp3) is 0.280. The van der Waals surface area contributed by atoms with Crippen LogP contribution in [0.1, 0.15) is 49.3 Å². The molecular weight excluding hydrogens is 431 g/mol. The zero-order valence-corrected chi connectivity index (χ0v) is 19.1. The first-order valence-corrected chi connectivity index (χ1v) is 10.8. The lowest BCUT2D eigenvalue weighted by Crippen LogP contribution is -2.37. The summed E-state index contributed by atoms with van der Waals surface area (Å²) in [5.41, 5.74) is 2.35. The Morgan fingerprint density at radius 3 is 2.59 bits per heavy atom. The summed E-state index contributed by atoms with van der Waals surface area (Å²) in [5.74, 6) is -1.48. The molecule has 1 aromatic heterocycles. The van der Waals surface area contributed by atoms with Gasteiger partial charge in [0.25, 0.3) is 5.91 Å². The van der Waals surface area contributed by atoms with Crippen molar-refractivity contribution in [2.45, 2.75) is 39.2 Å². The van der Waals surface area contributed by atoms with E-state index in [4.69, 9.17) is 16.3 Å². The Hall–Kier alpha value is -3.12. The fourth-order valence-electron chi connectivity index (χ4n) is 4.20. The number of hydrogen-bond donors (Lipinski definition) is 1. The highest BCUT2D eigenvalue weighted by Crippen LogP contribution is 2.40. The quantitative estimate of drug-likeness (QED) is 0.517. The van der Waals surface area contributed by atoms with Gasteiger partial charge in [-0.25, -0.2) is 9.18 Å². The summed E-state index contributed by atoms with van der Waals surface area (Å²) in [6.07, 6.45) is 1.18. The lowest BCUT2D eigenvalue weighted by atomic mass is 9.81. The Bertz CT molecular complexity index is 1260. The lowest BCUT2D eigenvalue weighted by Gasteiger charge is -2.30. The third kappa shape index (κ3) is 3.91. The number of rotatable bonds is 3. The molecule has 0 saturated heterocycles. The number of carbonyl (C=O) groups is 2. The zero-order valence-electron chi connectivity index (χ0n) is 18.3. The molecule has 1 aliphatic rings. The van der Waals surface area contributed by atoms with E-state index in [0.29, 0.717) is 5.69 Å². The van der Waals surface area contributed by atoms with Crippen molar-refractivity contribution < 1.29 is 18.7 Å². The van der Waals surface area contributed by atoms with Gasteiger partial charge in [0, 0.05) is 29.1 Å². The predicted molar refractivity (Wildman–Crippen MR) is 123 cm³/mol. The number of hydrogen-bond acceptors (Lipinski definition) is 3. The third-order valence-corrected chi connectivity index (χ3v) is 5.80. The van der Waals surface area contributed by atoms with Crippen molar-refractivity contribution >= 4 is 40.0 Å². The van der Waals surface area contributed by atoms with E-state index in [-0.39, 0.29) is 28.8 Å². The molecule has 0 bridgehead atoms. The van der Waals surface area contributed by atoms with Gasteiger partial charge in [-0.2, -0.15) is 0 Å². The average Bonchev–Trinajstić information content (AvgIpc) is 3.04. The number of carbonyl (C=O) groups excluding carboxylic acids is 2. The normalized spacial score (nSPS) is 15.3.